The lowest BCUT2D eigenvalue weighted by Crippen LogP contribution is -2.10. The van der Waals surface area contributed by atoms with Crippen molar-refractivity contribution in [1.29, 1.82) is 0 Å². The molecular weight excluding hydrogens is 488 g/mol. The number of aromatic amines is 1. The van der Waals surface area contributed by atoms with E-state index in [1.165, 1.54) is 42.1 Å². The highest BCUT2D eigenvalue weighted by molar-refractivity contribution is 7.98. The van der Waals surface area contributed by atoms with E-state index in [0.717, 1.165) is 5.56 Å². The zero-order valence-corrected chi connectivity index (χ0v) is 20.0. The number of rotatable bonds is 6. The van der Waals surface area contributed by atoms with Crippen molar-refractivity contribution in [3.63, 3.8) is 0 Å². The van der Waals surface area contributed by atoms with Crippen LogP contribution >= 0.6 is 11.8 Å². The number of thioether (sulfide) groups is 1. The van der Waals surface area contributed by atoms with E-state index in [4.69, 9.17) is 8.60 Å². The predicted molar refractivity (Wildman–Crippen MR) is 133 cm³/mol. The van der Waals surface area contributed by atoms with Crippen LogP contribution in [-0.4, -0.2) is 18.4 Å². The van der Waals surface area contributed by atoms with E-state index in [1.54, 1.807) is 42.5 Å². The van der Waals surface area contributed by atoms with E-state index in [-0.39, 0.29) is 21.8 Å². The van der Waals surface area contributed by atoms with Crippen LogP contribution in [0.5, 0.6) is 5.75 Å². The molecule has 5 aromatic rings. The van der Waals surface area contributed by atoms with E-state index >= 15 is 0 Å². The molecule has 0 bridgehead atoms. The van der Waals surface area contributed by atoms with Gasteiger partial charge < -0.3 is 13.6 Å². The highest BCUT2D eigenvalue weighted by Crippen LogP contribution is 2.28. The van der Waals surface area contributed by atoms with Gasteiger partial charge in [-0.15, -0.1) is 0 Å². The van der Waals surface area contributed by atoms with Crippen molar-refractivity contribution >= 4 is 43.8 Å². The highest BCUT2D eigenvalue weighted by atomic mass is 32.2. The molecule has 2 heterocycles. The van der Waals surface area contributed by atoms with Crippen molar-refractivity contribution in [3.8, 4) is 5.75 Å². The van der Waals surface area contributed by atoms with Gasteiger partial charge in [0.05, 0.1) is 10.9 Å². The summed E-state index contributed by atoms with van der Waals surface area (Å²) >= 11 is 1.26. The Morgan fingerprint density at radius 3 is 2.54 bits per heavy atom. The number of hydrogen-bond donors (Lipinski definition) is 1. The second-order valence-electron chi connectivity index (χ2n) is 7.78. The second-order valence-corrected chi connectivity index (χ2v) is 10.3. The van der Waals surface area contributed by atoms with Crippen molar-refractivity contribution in [2.45, 2.75) is 22.7 Å². The maximum Gasteiger partial charge on any atom is 0.339 e. The summed E-state index contributed by atoms with van der Waals surface area (Å²) in [7, 11) is -4.05. The molecule has 10 heteroatoms. The zero-order chi connectivity index (χ0) is 24.6. The molecule has 0 amide bonds. The van der Waals surface area contributed by atoms with E-state index in [0.29, 0.717) is 32.8 Å². The lowest BCUT2D eigenvalue weighted by Gasteiger charge is -2.09. The van der Waals surface area contributed by atoms with Crippen molar-refractivity contribution in [2.75, 3.05) is 0 Å². The molecule has 0 unspecified atom stereocenters. The summed E-state index contributed by atoms with van der Waals surface area (Å²) in [5.41, 5.74) is 1.49. The number of nitrogens with zero attached hydrogens (tertiary/aromatic N) is 1. The van der Waals surface area contributed by atoms with Crippen LogP contribution in [0.4, 0.5) is 0 Å². The van der Waals surface area contributed by atoms with Gasteiger partial charge in [-0.3, -0.25) is 4.79 Å². The van der Waals surface area contributed by atoms with Gasteiger partial charge in [-0.25, -0.2) is 9.78 Å². The van der Waals surface area contributed by atoms with Gasteiger partial charge in [-0.2, -0.15) is 8.42 Å². The van der Waals surface area contributed by atoms with Crippen LogP contribution in [0.25, 0.3) is 21.9 Å². The molecule has 0 atom stereocenters. The van der Waals surface area contributed by atoms with Gasteiger partial charge in [-0.1, -0.05) is 41.6 Å². The molecule has 5 rings (SSSR count). The van der Waals surface area contributed by atoms with Crippen LogP contribution in [0.1, 0.15) is 11.1 Å². The molecule has 0 saturated carbocycles. The van der Waals surface area contributed by atoms with Gasteiger partial charge in [-0.05, 0) is 48.9 Å². The maximum atomic E-state index is 12.6. The number of H-pyrrole nitrogens is 1. The van der Waals surface area contributed by atoms with Gasteiger partial charge in [0, 0.05) is 23.3 Å². The van der Waals surface area contributed by atoms with Gasteiger partial charge in [0.2, 0.25) is 0 Å². The zero-order valence-electron chi connectivity index (χ0n) is 18.3. The predicted octanol–water partition coefficient (Wildman–Crippen LogP) is 4.40. The van der Waals surface area contributed by atoms with Crippen LogP contribution in [0.2, 0.25) is 0 Å². The fourth-order valence-corrected chi connectivity index (χ4v) is 5.32. The monoisotopic (exact) mass is 506 g/mol. The summed E-state index contributed by atoms with van der Waals surface area (Å²) in [4.78, 5) is 31.7. The number of benzene rings is 3. The Kier molecular flexibility index (Phi) is 5.91. The minimum atomic E-state index is -4.05. The van der Waals surface area contributed by atoms with Crippen LogP contribution in [0, 0.1) is 6.92 Å². The Hall–Kier alpha value is -3.89. The molecular formula is C25H18N2O6S2. The number of para-hydroxylation sites is 1. The van der Waals surface area contributed by atoms with Gasteiger partial charge in [0.25, 0.3) is 5.56 Å². The number of nitrogens with one attached hydrogen (secondary N) is 1. The highest BCUT2D eigenvalue weighted by Gasteiger charge is 2.18. The average Bonchev–Trinajstić information content (AvgIpc) is 2.82. The fraction of sp³-hybridized carbons (Fsp3) is 0.0800. The quantitative estimate of drug-likeness (QED) is 0.156. The van der Waals surface area contributed by atoms with Gasteiger partial charge >= 0.3 is 15.7 Å². The molecule has 0 aliphatic rings. The van der Waals surface area contributed by atoms with Gasteiger partial charge in [0.1, 0.15) is 16.2 Å². The molecule has 0 fully saturated rings. The summed E-state index contributed by atoms with van der Waals surface area (Å²) in [6.07, 6.45) is 0. The fourth-order valence-electron chi connectivity index (χ4n) is 3.54. The molecule has 0 aliphatic heterocycles. The third-order valence-electron chi connectivity index (χ3n) is 5.27. The Labute approximate surface area is 203 Å². The summed E-state index contributed by atoms with van der Waals surface area (Å²) in [5, 5.41) is 1.52. The number of hydrogen-bond acceptors (Lipinski definition) is 8. The SMILES string of the molecule is Cc1ccc(S(=O)(=O)Oc2ccc3c(CSc4nc5ccccc5c(=O)[nH]4)cc(=O)oc3c2)cc1. The standard InChI is InChI=1S/C25H18N2O6S2/c1-15-6-9-18(10-7-15)35(30,31)33-17-8-11-19-16(12-23(28)32-22(19)13-17)14-34-25-26-21-5-3-2-4-20(21)24(29)27-25/h2-13H,14H2,1H3,(H,26,27,29). The lowest BCUT2D eigenvalue weighted by atomic mass is 10.1. The third-order valence-corrected chi connectivity index (χ3v) is 7.46. The van der Waals surface area contributed by atoms with Crippen molar-refractivity contribution in [1.82, 2.24) is 9.97 Å². The second kappa shape index (κ2) is 9.05. The maximum absolute atomic E-state index is 12.6. The Bertz CT molecular complexity index is 1790. The molecule has 0 saturated heterocycles. The van der Waals surface area contributed by atoms with Crippen molar-refractivity contribution in [2.24, 2.45) is 0 Å². The van der Waals surface area contributed by atoms with Crippen LogP contribution in [0.15, 0.2) is 96.9 Å². The van der Waals surface area contributed by atoms with Gasteiger partial charge in [0.15, 0.2) is 5.16 Å². The first-order valence-corrected chi connectivity index (χ1v) is 12.9. The molecule has 0 spiro atoms. The van der Waals surface area contributed by atoms with Crippen LogP contribution in [0.3, 0.4) is 0 Å². The minimum absolute atomic E-state index is 0.0200. The Morgan fingerprint density at radius 2 is 1.74 bits per heavy atom. The minimum Gasteiger partial charge on any atom is -0.423 e. The first kappa shape index (κ1) is 22.9. The van der Waals surface area contributed by atoms with E-state index in [2.05, 4.69) is 9.97 Å². The third kappa shape index (κ3) is 4.84. The topological polar surface area (TPSA) is 119 Å². The first-order chi connectivity index (χ1) is 16.8. The van der Waals surface area contributed by atoms with Crippen LogP contribution in [-0.2, 0) is 15.9 Å². The van der Waals surface area contributed by atoms with Crippen LogP contribution < -0.4 is 15.4 Å². The summed E-state index contributed by atoms with van der Waals surface area (Å²) in [6, 6.07) is 19.2. The summed E-state index contributed by atoms with van der Waals surface area (Å²) in [5.74, 6) is 0.345. The molecule has 0 radical (unpaired) electrons. The number of aromatic nitrogens is 2. The molecule has 2 aromatic heterocycles. The summed E-state index contributed by atoms with van der Waals surface area (Å²) < 4.78 is 35.8. The summed E-state index contributed by atoms with van der Waals surface area (Å²) in [6.45, 7) is 1.85. The number of fused-ring (bicyclic) bond motifs is 2. The molecule has 3 aromatic carbocycles. The van der Waals surface area contributed by atoms with Crippen molar-refractivity contribution < 1.29 is 17.0 Å². The van der Waals surface area contributed by atoms with E-state index in [1.807, 2.05) is 6.92 Å². The molecule has 176 valence electrons. The molecule has 0 aliphatic carbocycles. The number of aryl methyl sites for hydroxylation is 1. The molecule has 8 nitrogen and oxygen atoms in total. The Morgan fingerprint density at radius 1 is 0.971 bits per heavy atom. The first-order valence-electron chi connectivity index (χ1n) is 10.5. The van der Waals surface area contributed by atoms with E-state index < -0.39 is 15.7 Å². The lowest BCUT2D eigenvalue weighted by molar-refractivity contribution is 0.485. The smallest absolute Gasteiger partial charge is 0.339 e. The molecule has 1 N–H and O–H groups in total. The van der Waals surface area contributed by atoms with Crippen molar-refractivity contribution in [3.05, 3.63) is 105 Å². The average molecular weight is 507 g/mol. The Balaban J connectivity index is 1.43. The normalized spacial score (nSPS) is 11.7. The molecule has 35 heavy (non-hydrogen) atoms. The largest absolute Gasteiger partial charge is 0.423 e. The van der Waals surface area contributed by atoms with E-state index in [9.17, 15) is 18.0 Å².